The summed E-state index contributed by atoms with van der Waals surface area (Å²) in [5, 5.41) is 6.78. The number of hydrogen-bond acceptors (Lipinski definition) is 5. The molecule has 9 heteroatoms. The first kappa shape index (κ1) is 27.1. The molecule has 1 unspecified atom stereocenters. The molecule has 3 rings (SSSR count). The van der Waals surface area contributed by atoms with E-state index in [1.54, 1.807) is 12.3 Å². The summed E-state index contributed by atoms with van der Waals surface area (Å²) < 4.78 is 19.8. The molecule has 1 aromatic carbocycles. The van der Waals surface area contributed by atoms with E-state index < -0.39 is 0 Å². The number of aliphatic imine (C=N–C) groups is 1. The summed E-state index contributed by atoms with van der Waals surface area (Å²) in [4.78, 5) is 13.0. The predicted molar refractivity (Wildman–Crippen MR) is 143 cm³/mol. The number of hydrogen-bond donors (Lipinski definition) is 2. The fourth-order valence-corrected chi connectivity index (χ4v) is 3.63. The second-order valence-electron chi connectivity index (χ2n) is 8.23. The van der Waals surface area contributed by atoms with E-state index in [9.17, 15) is 4.39 Å². The molecule has 0 bridgehead atoms. The normalized spacial score (nSPS) is 16.0. The Kier molecular flexibility index (Phi) is 11.7. The Labute approximate surface area is 213 Å². The number of anilines is 1. The van der Waals surface area contributed by atoms with Gasteiger partial charge in [-0.2, -0.15) is 0 Å². The minimum absolute atomic E-state index is 0. The van der Waals surface area contributed by atoms with Gasteiger partial charge in [0.15, 0.2) is 17.6 Å². The standard InChI is InChI=1S/C24H35FN6O.HI/c1-4-26-24(29-20-12-15-31(18-20)23-22(25)7-5-13-27-23)28-17-19-8-10-21(11-9-19)32-16-6-14-30(2)3;/h5,7-11,13,20H,4,6,12,14-18H2,1-3H3,(H2,26,28,29);1H. The SMILES string of the molecule is CCNC(=NCc1ccc(OCCCN(C)C)cc1)NC1CCN(c2ncccc2F)C1.I. The lowest BCUT2D eigenvalue weighted by Crippen LogP contribution is -2.44. The molecule has 0 spiro atoms. The first-order chi connectivity index (χ1) is 15.5. The van der Waals surface area contributed by atoms with E-state index in [-0.39, 0.29) is 35.8 Å². The van der Waals surface area contributed by atoms with Gasteiger partial charge in [0.25, 0.3) is 0 Å². The number of nitrogens with zero attached hydrogens (tertiary/aromatic N) is 4. The van der Waals surface area contributed by atoms with Crippen molar-refractivity contribution in [2.45, 2.75) is 32.4 Å². The molecule has 1 atom stereocenters. The minimum Gasteiger partial charge on any atom is -0.494 e. The number of ether oxygens (including phenoxy) is 1. The fraction of sp³-hybridized carbons (Fsp3) is 0.500. The highest BCUT2D eigenvalue weighted by Gasteiger charge is 2.25. The zero-order valence-corrected chi connectivity index (χ0v) is 22.1. The van der Waals surface area contributed by atoms with E-state index >= 15 is 0 Å². The average molecular weight is 570 g/mol. The first-order valence-electron chi connectivity index (χ1n) is 11.3. The van der Waals surface area contributed by atoms with Crippen LogP contribution in [0.3, 0.4) is 0 Å². The van der Waals surface area contributed by atoms with Crippen LogP contribution in [0.25, 0.3) is 0 Å². The smallest absolute Gasteiger partial charge is 0.191 e. The Morgan fingerprint density at radius 1 is 1.27 bits per heavy atom. The monoisotopic (exact) mass is 570 g/mol. The number of nitrogens with one attached hydrogen (secondary N) is 2. The highest BCUT2D eigenvalue weighted by molar-refractivity contribution is 14.0. The van der Waals surface area contributed by atoms with Crippen LogP contribution in [0.5, 0.6) is 5.75 Å². The van der Waals surface area contributed by atoms with Crippen LogP contribution in [0.1, 0.15) is 25.3 Å². The van der Waals surface area contributed by atoms with Crippen molar-refractivity contribution < 1.29 is 9.13 Å². The summed E-state index contributed by atoms with van der Waals surface area (Å²) in [5.41, 5.74) is 1.12. The van der Waals surface area contributed by atoms with E-state index in [4.69, 9.17) is 9.73 Å². The molecule has 2 N–H and O–H groups in total. The van der Waals surface area contributed by atoms with Gasteiger partial charge in [0.05, 0.1) is 13.2 Å². The lowest BCUT2D eigenvalue weighted by atomic mass is 10.2. The Morgan fingerprint density at radius 3 is 2.76 bits per heavy atom. The van der Waals surface area contributed by atoms with E-state index in [1.807, 2.05) is 24.0 Å². The highest BCUT2D eigenvalue weighted by atomic mass is 127. The van der Waals surface area contributed by atoms with Gasteiger partial charge in [-0.3, -0.25) is 0 Å². The first-order valence-corrected chi connectivity index (χ1v) is 11.3. The van der Waals surface area contributed by atoms with Crippen molar-refractivity contribution in [3.63, 3.8) is 0 Å². The lowest BCUT2D eigenvalue weighted by molar-refractivity contribution is 0.281. The van der Waals surface area contributed by atoms with Crippen molar-refractivity contribution in [2.75, 3.05) is 51.8 Å². The van der Waals surface area contributed by atoms with Gasteiger partial charge in [-0.15, -0.1) is 24.0 Å². The molecule has 1 aromatic heterocycles. The summed E-state index contributed by atoms with van der Waals surface area (Å²) in [6.07, 6.45) is 3.54. The van der Waals surface area contributed by atoms with Crippen molar-refractivity contribution in [2.24, 2.45) is 4.99 Å². The van der Waals surface area contributed by atoms with Crippen molar-refractivity contribution in [1.82, 2.24) is 20.5 Å². The van der Waals surface area contributed by atoms with Gasteiger partial charge < -0.3 is 25.2 Å². The van der Waals surface area contributed by atoms with Gasteiger partial charge in [-0.05, 0) is 63.7 Å². The van der Waals surface area contributed by atoms with Crippen LogP contribution < -0.4 is 20.3 Å². The minimum atomic E-state index is -0.279. The van der Waals surface area contributed by atoms with Crippen molar-refractivity contribution in [3.8, 4) is 5.75 Å². The van der Waals surface area contributed by atoms with Crippen LogP contribution in [-0.4, -0.2) is 68.8 Å². The molecule has 1 saturated heterocycles. The number of rotatable bonds is 10. The van der Waals surface area contributed by atoms with Gasteiger partial charge in [0, 0.05) is 38.4 Å². The zero-order valence-electron chi connectivity index (χ0n) is 19.8. The van der Waals surface area contributed by atoms with E-state index in [0.717, 1.165) is 49.7 Å². The van der Waals surface area contributed by atoms with Gasteiger partial charge >= 0.3 is 0 Å². The summed E-state index contributed by atoms with van der Waals surface area (Å²) in [5.74, 6) is 1.79. The summed E-state index contributed by atoms with van der Waals surface area (Å²) in [6, 6.07) is 11.4. The maximum absolute atomic E-state index is 14.0. The molecule has 1 aliphatic heterocycles. The number of benzene rings is 1. The van der Waals surface area contributed by atoms with Crippen molar-refractivity contribution >= 4 is 35.8 Å². The van der Waals surface area contributed by atoms with Gasteiger partial charge in [0.1, 0.15) is 5.75 Å². The Balaban J connectivity index is 0.00000385. The average Bonchev–Trinajstić information content (AvgIpc) is 3.24. The van der Waals surface area contributed by atoms with Crippen LogP contribution in [0.15, 0.2) is 47.6 Å². The molecule has 0 aliphatic carbocycles. The van der Waals surface area contributed by atoms with E-state index in [2.05, 4.69) is 46.7 Å². The van der Waals surface area contributed by atoms with E-state index in [0.29, 0.717) is 25.5 Å². The van der Waals surface area contributed by atoms with Crippen LogP contribution in [-0.2, 0) is 6.54 Å². The maximum atomic E-state index is 14.0. The number of pyridine rings is 1. The summed E-state index contributed by atoms with van der Waals surface area (Å²) in [6.45, 7) is 6.58. The molecule has 0 radical (unpaired) electrons. The fourth-order valence-electron chi connectivity index (χ4n) is 3.63. The highest BCUT2D eigenvalue weighted by Crippen LogP contribution is 2.20. The molecule has 1 fully saturated rings. The molecule has 0 saturated carbocycles. The molecule has 1 aliphatic rings. The van der Waals surface area contributed by atoms with Crippen molar-refractivity contribution in [3.05, 3.63) is 54.0 Å². The van der Waals surface area contributed by atoms with Crippen LogP contribution >= 0.6 is 24.0 Å². The second-order valence-corrected chi connectivity index (χ2v) is 8.23. The Hall–Kier alpha value is -2.14. The number of guanidine groups is 1. The van der Waals surface area contributed by atoms with Gasteiger partial charge in [-0.1, -0.05) is 12.1 Å². The van der Waals surface area contributed by atoms with Gasteiger partial charge in [-0.25, -0.2) is 14.4 Å². The topological polar surface area (TPSA) is 65.0 Å². The molecule has 0 amide bonds. The van der Waals surface area contributed by atoms with Crippen LogP contribution in [0, 0.1) is 5.82 Å². The van der Waals surface area contributed by atoms with Crippen LogP contribution in [0.4, 0.5) is 10.2 Å². The third-order valence-electron chi connectivity index (χ3n) is 5.27. The number of aromatic nitrogens is 1. The van der Waals surface area contributed by atoms with Crippen molar-refractivity contribution in [1.29, 1.82) is 0 Å². The number of halogens is 2. The molecule has 33 heavy (non-hydrogen) atoms. The molecule has 182 valence electrons. The van der Waals surface area contributed by atoms with E-state index in [1.165, 1.54) is 6.07 Å². The maximum Gasteiger partial charge on any atom is 0.191 e. The predicted octanol–water partition coefficient (Wildman–Crippen LogP) is 3.50. The molecule has 7 nitrogen and oxygen atoms in total. The third kappa shape index (κ3) is 8.96. The summed E-state index contributed by atoms with van der Waals surface area (Å²) >= 11 is 0. The largest absolute Gasteiger partial charge is 0.494 e. The van der Waals surface area contributed by atoms with Crippen LogP contribution in [0.2, 0.25) is 0 Å². The Morgan fingerprint density at radius 2 is 2.06 bits per heavy atom. The molecule has 2 aromatic rings. The quantitative estimate of drug-likeness (QED) is 0.198. The van der Waals surface area contributed by atoms with Gasteiger partial charge in [0.2, 0.25) is 0 Å². The Bertz CT molecular complexity index is 864. The second kappa shape index (κ2) is 14.2. The molecular weight excluding hydrogens is 534 g/mol. The lowest BCUT2D eigenvalue weighted by Gasteiger charge is -2.20. The molecular formula is C24H36FIN6O. The molecule has 2 heterocycles. The summed E-state index contributed by atoms with van der Waals surface area (Å²) in [7, 11) is 4.13. The third-order valence-corrected chi connectivity index (χ3v) is 5.27. The zero-order chi connectivity index (χ0) is 22.8.